The number of rotatable bonds is 7. The molecule has 0 aromatic heterocycles. The van der Waals surface area contributed by atoms with E-state index in [0.717, 1.165) is 5.75 Å². The molecule has 0 aromatic rings. The number of hydrogen-bond acceptors (Lipinski definition) is 6. The fourth-order valence-electron chi connectivity index (χ4n) is 2.51. The van der Waals surface area contributed by atoms with Crippen LogP contribution in [-0.4, -0.2) is 105 Å². The molecule has 0 saturated carbocycles. The van der Waals surface area contributed by atoms with Crippen LogP contribution in [0.5, 0.6) is 0 Å². The zero-order valence-corrected chi connectivity index (χ0v) is 18.9. The molecule has 162 valence electrons. The number of guanidine groups is 1. The third-order valence-corrected chi connectivity index (χ3v) is 4.62. The summed E-state index contributed by atoms with van der Waals surface area (Å²) in [6, 6.07) is -0.160. The maximum Gasteiger partial charge on any atom is 0.410 e. The van der Waals surface area contributed by atoms with Crippen LogP contribution in [0.4, 0.5) is 4.79 Å². The molecule has 10 heteroatoms. The molecule has 9 nitrogen and oxygen atoms in total. The maximum absolute atomic E-state index is 12.4. The first-order valence-corrected chi connectivity index (χ1v) is 10.7. The smallest absolute Gasteiger partial charge is 0.410 e. The maximum atomic E-state index is 12.4. The van der Waals surface area contributed by atoms with Crippen LogP contribution in [0.1, 0.15) is 20.8 Å². The van der Waals surface area contributed by atoms with Gasteiger partial charge in [0.2, 0.25) is 5.91 Å². The zero-order valence-electron chi connectivity index (χ0n) is 18.1. The zero-order chi connectivity index (χ0) is 21.3. The summed E-state index contributed by atoms with van der Waals surface area (Å²) in [6.07, 6.45) is 1.46. The second-order valence-electron chi connectivity index (χ2n) is 7.78. The van der Waals surface area contributed by atoms with E-state index in [2.05, 4.69) is 15.6 Å². The van der Waals surface area contributed by atoms with E-state index in [4.69, 9.17) is 9.47 Å². The van der Waals surface area contributed by atoms with Gasteiger partial charge in [0.15, 0.2) is 5.96 Å². The Morgan fingerprint density at radius 1 is 1.29 bits per heavy atom. The summed E-state index contributed by atoms with van der Waals surface area (Å²) in [5.41, 5.74) is -0.552. The number of carbonyl (C=O) groups is 2. The van der Waals surface area contributed by atoms with E-state index in [0.29, 0.717) is 25.6 Å². The van der Waals surface area contributed by atoms with Crippen molar-refractivity contribution in [2.75, 3.05) is 59.4 Å². The van der Waals surface area contributed by atoms with Crippen molar-refractivity contribution in [3.8, 4) is 0 Å². The highest BCUT2D eigenvalue weighted by atomic mass is 32.2. The van der Waals surface area contributed by atoms with Gasteiger partial charge < -0.3 is 29.9 Å². The highest BCUT2D eigenvalue weighted by molar-refractivity contribution is 7.98. The van der Waals surface area contributed by atoms with Gasteiger partial charge >= 0.3 is 6.09 Å². The topological polar surface area (TPSA) is 95.5 Å². The highest BCUT2D eigenvalue weighted by Gasteiger charge is 2.37. The molecule has 1 saturated heterocycles. The Balaban J connectivity index is 2.79. The first kappa shape index (κ1) is 24.4. The molecule has 1 aliphatic heterocycles. The number of hydrogen-bond donors (Lipinski definition) is 2. The van der Waals surface area contributed by atoms with Crippen molar-refractivity contribution in [2.45, 2.75) is 38.5 Å². The standard InChI is InChI=1S/C18H35N5O4S/c1-18(2,3)27-17(25)23-11-13(14(12-23)26-6)21-16(19-8-9-28-7)20-10-15(24)22(4)5/h13-14H,8-12H2,1-7H3,(H2,19,20,21)/t13?,14-/m0/s1. The van der Waals surface area contributed by atoms with E-state index in [-0.39, 0.29) is 30.7 Å². The van der Waals surface area contributed by atoms with Gasteiger partial charge in [0.25, 0.3) is 0 Å². The number of methoxy groups -OCH3 is 1. The number of carbonyl (C=O) groups excluding carboxylic acids is 2. The minimum atomic E-state index is -0.552. The number of thioether (sulfide) groups is 1. The lowest BCUT2D eigenvalue weighted by Crippen LogP contribution is -2.50. The molecule has 1 aliphatic rings. The van der Waals surface area contributed by atoms with Gasteiger partial charge in [-0.1, -0.05) is 0 Å². The fraction of sp³-hybridized carbons (Fsp3) is 0.833. The fourth-order valence-corrected chi connectivity index (χ4v) is 2.82. The Hall–Kier alpha value is -1.68. The van der Waals surface area contributed by atoms with Crippen molar-refractivity contribution in [3.63, 3.8) is 0 Å². The Morgan fingerprint density at radius 3 is 2.50 bits per heavy atom. The van der Waals surface area contributed by atoms with Gasteiger partial charge in [0.05, 0.1) is 18.7 Å². The second-order valence-corrected chi connectivity index (χ2v) is 8.77. The summed E-state index contributed by atoms with van der Waals surface area (Å²) in [5.74, 6) is 1.35. The lowest BCUT2D eigenvalue weighted by atomic mass is 10.2. The van der Waals surface area contributed by atoms with Crippen LogP contribution in [0.25, 0.3) is 0 Å². The van der Waals surface area contributed by atoms with Crippen LogP contribution < -0.4 is 10.6 Å². The molecule has 0 bridgehead atoms. The molecule has 2 amide bonds. The minimum Gasteiger partial charge on any atom is -0.444 e. The van der Waals surface area contributed by atoms with Crippen molar-refractivity contribution >= 4 is 29.7 Å². The molecule has 1 unspecified atom stereocenters. The largest absolute Gasteiger partial charge is 0.444 e. The average Bonchev–Trinajstić information content (AvgIpc) is 3.00. The summed E-state index contributed by atoms with van der Waals surface area (Å²) in [4.78, 5) is 31.8. The lowest BCUT2D eigenvalue weighted by Gasteiger charge is -2.24. The lowest BCUT2D eigenvalue weighted by molar-refractivity contribution is -0.127. The molecular weight excluding hydrogens is 382 g/mol. The number of amides is 2. The SMILES string of the molecule is CO[C@H]1CN(C(=O)OC(C)(C)C)CC1NC(=NCC(=O)N(C)C)NCCSC. The van der Waals surface area contributed by atoms with Gasteiger partial charge in [-0.05, 0) is 27.0 Å². The summed E-state index contributed by atoms with van der Waals surface area (Å²) in [7, 11) is 5.01. The highest BCUT2D eigenvalue weighted by Crippen LogP contribution is 2.17. The molecule has 0 aliphatic carbocycles. The van der Waals surface area contributed by atoms with Crippen LogP contribution in [0.2, 0.25) is 0 Å². The summed E-state index contributed by atoms with van der Waals surface area (Å²) in [5, 5.41) is 6.53. The predicted octanol–water partition coefficient (Wildman–Crippen LogP) is 0.607. The van der Waals surface area contributed by atoms with Gasteiger partial charge in [-0.3, -0.25) is 4.79 Å². The van der Waals surface area contributed by atoms with Gasteiger partial charge in [0.1, 0.15) is 12.1 Å². The number of likely N-dealkylation sites (tertiary alicyclic amines) is 1. The van der Waals surface area contributed by atoms with Crippen molar-refractivity contribution in [1.29, 1.82) is 0 Å². The normalized spacial score (nSPS) is 20.1. The molecule has 0 radical (unpaired) electrons. The quantitative estimate of drug-likeness (QED) is 0.356. The Labute approximate surface area is 172 Å². The predicted molar refractivity (Wildman–Crippen MR) is 113 cm³/mol. The number of nitrogens with zero attached hydrogens (tertiary/aromatic N) is 3. The molecule has 2 N–H and O–H groups in total. The van der Waals surface area contributed by atoms with Crippen LogP contribution in [-0.2, 0) is 14.3 Å². The van der Waals surface area contributed by atoms with Gasteiger partial charge in [-0.2, -0.15) is 11.8 Å². The van der Waals surface area contributed by atoms with Crippen LogP contribution in [0.15, 0.2) is 4.99 Å². The van der Waals surface area contributed by atoms with Crippen LogP contribution >= 0.6 is 11.8 Å². The number of aliphatic imine (C=N–C) groups is 1. The Bertz CT molecular complexity index is 551. The molecule has 0 aromatic carbocycles. The monoisotopic (exact) mass is 417 g/mol. The van der Waals surface area contributed by atoms with Gasteiger partial charge in [-0.25, -0.2) is 9.79 Å². The van der Waals surface area contributed by atoms with Crippen molar-refractivity contribution < 1.29 is 19.1 Å². The first-order valence-electron chi connectivity index (χ1n) is 9.32. The third kappa shape index (κ3) is 8.55. The molecule has 1 heterocycles. The van der Waals surface area contributed by atoms with Gasteiger partial charge in [0, 0.05) is 40.0 Å². The van der Waals surface area contributed by atoms with E-state index < -0.39 is 5.60 Å². The van der Waals surface area contributed by atoms with Crippen LogP contribution in [0.3, 0.4) is 0 Å². The number of likely N-dealkylation sites (N-methyl/N-ethyl adjacent to an activating group) is 1. The second kappa shape index (κ2) is 11.4. The molecule has 0 spiro atoms. The minimum absolute atomic E-state index is 0.0434. The van der Waals surface area contributed by atoms with Crippen molar-refractivity contribution in [3.05, 3.63) is 0 Å². The molecule has 28 heavy (non-hydrogen) atoms. The Morgan fingerprint density at radius 2 is 1.96 bits per heavy atom. The molecule has 2 atom stereocenters. The first-order chi connectivity index (χ1) is 13.1. The summed E-state index contributed by atoms with van der Waals surface area (Å²) >= 11 is 1.72. The molecule has 1 fully saturated rings. The molecular formula is C18H35N5O4S. The number of nitrogens with one attached hydrogen (secondary N) is 2. The average molecular weight is 418 g/mol. The van der Waals surface area contributed by atoms with Crippen molar-refractivity contribution in [2.24, 2.45) is 4.99 Å². The third-order valence-electron chi connectivity index (χ3n) is 4.01. The molecule has 1 rings (SSSR count). The number of ether oxygens (including phenoxy) is 2. The van der Waals surface area contributed by atoms with E-state index in [1.165, 1.54) is 4.90 Å². The van der Waals surface area contributed by atoms with E-state index >= 15 is 0 Å². The summed E-state index contributed by atoms with van der Waals surface area (Å²) < 4.78 is 11.0. The van der Waals surface area contributed by atoms with E-state index in [1.54, 1.807) is 37.9 Å². The van der Waals surface area contributed by atoms with Gasteiger partial charge in [-0.15, -0.1) is 0 Å². The van der Waals surface area contributed by atoms with Crippen LogP contribution in [0, 0.1) is 0 Å². The Kier molecular flexibility index (Phi) is 9.88. The van der Waals surface area contributed by atoms with E-state index in [1.807, 2.05) is 27.0 Å². The summed E-state index contributed by atoms with van der Waals surface area (Å²) in [6.45, 7) is 7.13. The van der Waals surface area contributed by atoms with E-state index in [9.17, 15) is 9.59 Å². The van der Waals surface area contributed by atoms with Crippen molar-refractivity contribution in [1.82, 2.24) is 20.4 Å².